The number of amides is 1. The average Bonchev–Trinajstić information content (AvgIpc) is 2.56. The molecule has 2 aromatic rings. The van der Waals surface area contributed by atoms with E-state index in [9.17, 15) is 13.6 Å². The fraction of sp³-hybridized carbons (Fsp3) is 0.235. The molecule has 0 bridgehead atoms. The summed E-state index contributed by atoms with van der Waals surface area (Å²) in [5, 5.41) is 11.7. The van der Waals surface area contributed by atoms with E-state index in [1.54, 1.807) is 11.0 Å². The second kappa shape index (κ2) is 8.83. The third-order valence-electron chi connectivity index (χ3n) is 3.20. The minimum Gasteiger partial charge on any atom is -0.433 e. The fourth-order valence-electron chi connectivity index (χ4n) is 2.19. The highest BCUT2D eigenvalue weighted by Gasteiger charge is 2.14. The highest BCUT2D eigenvalue weighted by atomic mass is 19.3. The summed E-state index contributed by atoms with van der Waals surface area (Å²) in [5.41, 5.74) is 0.943. The number of halogens is 2. The molecule has 0 heterocycles. The van der Waals surface area contributed by atoms with Crippen LogP contribution < -0.4 is 15.0 Å². The predicted octanol–water partition coefficient (Wildman–Crippen LogP) is 2.73. The Labute approximate surface area is 138 Å². The summed E-state index contributed by atoms with van der Waals surface area (Å²) in [7, 11) is 0. The summed E-state index contributed by atoms with van der Waals surface area (Å²) < 4.78 is 29.2. The van der Waals surface area contributed by atoms with Crippen molar-refractivity contribution in [3.8, 4) is 5.75 Å². The lowest BCUT2D eigenvalue weighted by Gasteiger charge is -2.23. The third kappa shape index (κ3) is 5.20. The number of nitrogens with zero attached hydrogens (tertiary/aromatic N) is 1. The molecular formula is C17H18F2N2O3. The number of para-hydroxylation sites is 3. The number of hydrogen-bond acceptors (Lipinski definition) is 4. The van der Waals surface area contributed by atoms with Gasteiger partial charge in [0.25, 0.3) is 0 Å². The van der Waals surface area contributed by atoms with Crippen molar-refractivity contribution in [2.24, 2.45) is 0 Å². The maximum Gasteiger partial charge on any atom is 0.387 e. The molecule has 0 spiro atoms. The van der Waals surface area contributed by atoms with Gasteiger partial charge >= 0.3 is 6.61 Å². The first-order valence-corrected chi connectivity index (χ1v) is 7.34. The maximum absolute atomic E-state index is 12.4. The molecule has 0 fully saturated rings. The molecule has 0 aliphatic carbocycles. The number of anilines is 2. The zero-order valence-corrected chi connectivity index (χ0v) is 12.9. The van der Waals surface area contributed by atoms with E-state index in [4.69, 9.17) is 5.11 Å². The number of nitrogens with one attached hydrogen (secondary N) is 1. The first-order valence-electron chi connectivity index (χ1n) is 7.34. The summed E-state index contributed by atoms with van der Waals surface area (Å²) in [6, 6.07) is 15.1. The van der Waals surface area contributed by atoms with E-state index in [2.05, 4.69) is 10.1 Å². The molecule has 0 atom stereocenters. The topological polar surface area (TPSA) is 61.8 Å². The summed E-state index contributed by atoms with van der Waals surface area (Å²) in [5.74, 6) is -0.508. The molecule has 7 heteroatoms. The van der Waals surface area contributed by atoms with Crippen LogP contribution >= 0.6 is 0 Å². The standard InChI is InChI=1S/C17H18F2N2O3/c18-17(19)24-15-9-5-4-8-14(15)20-16(23)12-21(10-11-22)13-6-2-1-3-7-13/h1-9,17,22H,10-12H2,(H,20,23). The van der Waals surface area contributed by atoms with Gasteiger partial charge in [-0.1, -0.05) is 30.3 Å². The number of carbonyl (C=O) groups excluding carboxylic acids is 1. The number of rotatable bonds is 8. The van der Waals surface area contributed by atoms with Crippen LogP contribution in [0.4, 0.5) is 20.2 Å². The zero-order valence-electron chi connectivity index (χ0n) is 12.9. The molecule has 0 unspecified atom stereocenters. The molecule has 0 saturated heterocycles. The van der Waals surface area contributed by atoms with Crippen LogP contribution in [-0.4, -0.2) is 37.3 Å². The zero-order chi connectivity index (χ0) is 17.4. The van der Waals surface area contributed by atoms with Gasteiger partial charge in [0.15, 0.2) is 0 Å². The van der Waals surface area contributed by atoms with Crippen LogP contribution in [0.25, 0.3) is 0 Å². The van der Waals surface area contributed by atoms with Gasteiger partial charge < -0.3 is 20.1 Å². The van der Waals surface area contributed by atoms with Crippen LogP contribution in [0.1, 0.15) is 0 Å². The highest BCUT2D eigenvalue weighted by Crippen LogP contribution is 2.25. The third-order valence-corrected chi connectivity index (χ3v) is 3.20. The molecule has 2 N–H and O–H groups in total. The van der Waals surface area contributed by atoms with E-state index in [0.29, 0.717) is 0 Å². The number of hydrogen-bond donors (Lipinski definition) is 2. The predicted molar refractivity (Wildman–Crippen MR) is 87.4 cm³/mol. The Morgan fingerprint density at radius 3 is 2.46 bits per heavy atom. The lowest BCUT2D eigenvalue weighted by atomic mass is 10.2. The number of benzene rings is 2. The average molecular weight is 336 g/mol. The largest absolute Gasteiger partial charge is 0.433 e. The van der Waals surface area contributed by atoms with Gasteiger partial charge in [-0.05, 0) is 24.3 Å². The minimum atomic E-state index is -2.97. The Morgan fingerprint density at radius 1 is 1.12 bits per heavy atom. The van der Waals surface area contributed by atoms with Crippen molar-refractivity contribution < 1.29 is 23.4 Å². The fourth-order valence-corrected chi connectivity index (χ4v) is 2.19. The lowest BCUT2D eigenvalue weighted by Crippen LogP contribution is -2.35. The van der Waals surface area contributed by atoms with Crippen molar-refractivity contribution in [2.45, 2.75) is 6.61 Å². The molecule has 0 aliphatic heterocycles. The second-order valence-corrected chi connectivity index (χ2v) is 4.90. The summed E-state index contributed by atoms with van der Waals surface area (Å²) in [6.45, 7) is -2.86. The van der Waals surface area contributed by atoms with Crippen molar-refractivity contribution in [3.63, 3.8) is 0 Å². The Kier molecular flexibility index (Phi) is 6.51. The van der Waals surface area contributed by atoms with Crippen LogP contribution in [0, 0.1) is 0 Å². The number of ether oxygens (including phenoxy) is 1. The molecule has 0 aliphatic rings. The molecule has 5 nitrogen and oxygen atoms in total. The first kappa shape index (κ1) is 17.7. The van der Waals surface area contributed by atoms with Gasteiger partial charge in [0.1, 0.15) is 5.75 Å². The Bertz CT molecular complexity index is 653. The molecule has 2 aromatic carbocycles. The van der Waals surface area contributed by atoms with Gasteiger partial charge in [0.05, 0.1) is 18.8 Å². The van der Waals surface area contributed by atoms with E-state index in [-0.39, 0.29) is 31.1 Å². The highest BCUT2D eigenvalue weighted by molar-refractivity contribution is 5.95. The number of carbonyl (C=O) groups is 1. The minimum absolute atomic E-state index is 0.0341. The van der Waals surface area contributed by atoms with Crippen molar-refractivity contribution in [1.29, 1.82) is 0 Å². The molecule has 24 heavy (non-hydrogen) atoms. The Balaban J connectivity index is 2.06. The first-order chi connectivity index (χ1) is 11.6. The van der Waals surface area contributed by atoms with Gasteiger partial charge in [-0.15, -0.1) is 0 Å². The monoisotopic (exact) mass is 336 g/mol. The Hall–Kier alpha value is -2.67. The van der Waals surface area contributed by atoms with E-state index in [1.165, 1.54) is 18.2 Å². The molecule has 0 aromatic heterocycles. The van der Waals surface area contributed by atoms with E-state index in [1.807, 2.05) is 30.3 Å². The number of alkyl halides is 2. The molecule has 0 radical (unpaired) electrons. The summed E-state index contributed by atoms with van der Waals surface area (Å²) in [6.07, 6.45) is 0. The van der Waals surface area contributed by atoms with E-state index in [0.717, 1.165) is 5.69 Å². The van der Waals surface area contributed by atoms with Crippen molar-refractivity contribution >= 4 is 17.3 Å². The summed E-state index contributed by atoms with van der Waals surface area (Å²) >= 11 is 0. The molecule has 1 amide bonds. The quantitative estimate of drug-likeness (QED) is 0.778. The van der Waals surface area contributed by atoms with Crippen LogP contribution in [0.3, 0.4) is 0 Å². The number of aliphatic hydroxyl groups excluding tert-OH is 1. The van der Waals surface area contributed by atoms with Crippen molar-refractivity contribution in [2.75, 3.05) is 29.9 Å². The van der Waals surface area contributed by atoms with E-state index >= 15 is 0 Å². The van der Waals surface area contributed by atoms with Gasteiger partial charge in [-0.2, -0.15) is 8.78 Å². The number of aliphatic hydroxyl groups is 1. The van der Waals surface area contributed by atoms with Crippen molar-refractivity contribution in [3.05, 3.63) is 54.6 Å². The van der Waals surface area contributed by atoms with Gasteiger partial charge in [-0.3, -0.25) is 4.79 Å². The van der Waals surface area contributed by atoms with Crippen LogP contribution in [0.5, 0.6) is 5.75 Å². The van der Waals surface area contributed by atoms with Gasteiger partial charge in [-0.25, -0.2) is 0 Å². The second-order valence-electron chi connectivity index (χ2n) is 4.90. The SMILES string of the molecule is O=C(CN(CCO)c1ccccc1)Nc1ccccc1OC(F)F. The van der Waals surface area contributed by atoms with Crippen molar-refractivity contribution in [1.82, 2.24) is 0 Å². The normalized spacial score (nSPS) is 10.5. The molecule has 128 valence electrons. The lowest BCUT2D eigenvalue weighted by molar-refractivity contribution is -0.115. The molecule has 0 saturated carbocycles. The molecular weight excluding hydrogens is 318 g/mol. The van der Waals surface area contributed by atoms with E-state index < -0.39 is 12.5 Å². The maximum atomic E-state index is 12.4. The van der Waals surface area contributed by atoms with Crippen LogP contribution in [-0.2, 0) is 4.79 Å². The molecule has 2 rings (SSSR count). The van der Waals surface area contributed by atoms with Crippen LogP contribution in [0.15, 0.2) is 54.6 Å². The summed E-state index contributed by atoms with van der Waals surface area (Å²) in [4.78, 5) is 13.9. The van der Waals surface area contributed by atoms with Gasteiger partial charge in [0, 0.05) is 12.2 Å². The Morgan fingerprint density at radius 2 is 1.79 bits per heavy atom. The van der Waals surface area contributed by atoms with Gasteiger partial charge in [0.2, 0.25) is 5.91 Å². The van der Waals surface area contributed by atoms with Crippen LogP contribution in [0.2, 0.25) is 0 Å². The smallest absolute Gasteiger partial charge is 0.387 e.